The normalized spacial score (nSPS) is 15.7. The first kappa shape index (κ1) is 15.6. The Bertz CT molecular complexity index is 750. The van der Waals surface area contributed by atoms with E-state index >= 15 is 0 Å². The Balaban J connectivity index is 1.76. The van der Waals surface area contributed by atoms with Crippen molar-refractivity contribution in [2.45, 2.75) is 25.3 Å². The van der Waals surface area contributed by atoms with Crippen LogP contribution in [0.4, 0.5) is 4.79 Å². The molecule has 0 bridgehead atoms. The Morgan fingerprint density at radius 2 is 2.00 bits per heavy atom. The molecule has 0 saturated carbocycles. The van der Waals surface area contributed by atoms with Crippen LogP contribution < -0.4 is 10.9 Å². The lowest BCUT2D eigenvalue weighted by Crippen LogP contribution is -2.46. The van der Waals surface area contributed by atoms with Gasteiger partial charge in [-0.05, 0) is 49.9 Å². The number of benzene rings is 1. The van der Waals surface area contributed by atoms with Crippen LogP contribution in [0.25, 0.3) is 10.9 Å². The molecule has 1 amide bonds. The maximum absolute atomic E-state index is 12.2. The van der Waals surface area contributed by atoms with E-state index in [4.69, 9.17) is 0 Å². The van der Waals surface area contributed by atoms with Crippen LogP contribution in [0.5, 0.6) is 0 Å². The number of nitrogens with one attached hydrogen (secondary N) is 2. The van der Waals surface area contributed by atoms with Gasteiger partial charge in [0.2, 0.25) is 0 Å². The van der Waals surface area contributed by atoms with E-state index in [-0.39, 0.29) is 11.6 Å². The van der Waals surface area contributed by atoms with Crippen molar-refractivity contribution in [2.75, 3.05) is 19.6 Å². The van der Waals surface area contributed by atoms with E-state index < -0.39 is 6.09 Å². The number of H-pyrrole nitrogens is 1. The number of amides is 1. The summed E-state index contributed by atoms with van der Waals surface area (Å²) >= 11 is 0. The summed E-state index contributed by atoms with van der Waals surface area (Å²) in [6, 6.07) is 9.49. The molecule has 1 aliphatic heterocycles. The second kappa shape index (κ2) is 6.83. The molecule has 3 N–H and O–H groups in total. The molecule has 23 heavy (non-hydrogen) atoms. The topological polar surface area (TPSA) is 85.4 Å². The van der Waals surface area contributed by atoms with Crippen LogP contribution in [0.15, 0.2) is 35.1 Å². The van der Waals surface area contributed by atoms with E-state index in [2.05, 4.69) is 10.3 Å². The van der Waals surface area contributed by atoms with Gasteiger partial charge in [-0.2, -0.15) is 0 Å². The van der Waals surface area contributed by atoms with E-state index in [1.807, 2.05) is 30.3 Å². The fourth-order valence-electron chi connectivity index (χ4n) is 3.17. The van der Waals surface area contributed by atoms with Gasteiger partial charge in [0.25, 0.3) is 5.56 Å². The van der Waals surface area contributed by atoms with E-state index in [1.54, 1.807) is 0 Å². The highest BCUT2D eigenvalue weighted by atomic mass is 16.4. The van der Waals surface area contributed by atoms with Crippen molar-refractivity contribution in [3.05, 3.63) is 46.2 Å². The van der Waals surface area contributed by atoms with E-state index in [9.17, 15) is 14.7 Å². The SMILES string of the molecule is O=C(O)N(CCc1cc2ccccc2[nH]c1=O)C1CCNCC1. The molecule has 0 radical (unpaired) electrons. The van der Waals surface area contributed by atoms with Crippen LogP contribution in [-0.2, 0) is 6.42 Å². The zero-order chi connectivity index (χ0) is 16.2. The lowest BCUT2D eigenvalue weighted by Gasteiger charge is -2.32. The quantitative estimate of drug-likeness (QED) is 0.803. The van der Waals surface area contributed by atoms with Crippen LogP contribution in [0.2, 0.25) is 0 Å². The molecule has 1 fully saturated rings. The highest BCUT2D eigenvalue weighted by molar-refractivity contribution is 5.78. The number of piperidine rings is 1. The molecular weight excluding hydrogens is 294 g/mol. The Kier molecular flexibility index (Phi) is 4.62. The van der Waals surface area contributed by atoms with Gasteiger partial charge in [-0.25, -0.2) is 4.79 Å². The Hall–Kier alpha value is -2.34. The third-order valence-corrected chi connectivity index (χ3v) is 4.45. The standard InChI is InChI=1S/C17H21N3O3/c21-16-13(11-12-3-1-2-4-15(12)19-16)7-10-20(17(22)23)14-5-8-18-9-6-14/h1-4,11,14,18H,5-10H2,(H,19,21)(H,22,23). The third-order valence-electron chi connectivity index (χ3n) is 4.45. The number of aromatic nitrogens is 1. The molecule has 1 aliphatic rings. The molecule has 0 atom stereocenters. The number of fused-ring (bicyclic) bond motifs is 1. The van der Waals surface area contributed by atoms with Gasteiger partial charge in [-0.3, -0.25) is 4.79 Å². The molecule has 122 valence electrons. The monoisotopic (exact) mass is 315 g/mol. The van der Waals surface area contributed by atoms with Gasteiger partial charge >= 0.3 is 6.09 Å². The summed E-state index contributed by atoms with van der Waals surface area (Å²) in [5.41, 5.74) is 1.29. The minimum atomic E-state index is -0.908. The summed E-state index contributed by atoms with van der Waals surface area (Å²) in [6.07, 6.45) is 1.16. The number of para-hydroxylation sites is 1. The second-order valence-corrected chi connectivity index (χ2v) is 5.92. The van der Waals surface area contributed by atoms with Crippen molar-refractivity contribution in [1.82, 2.24) is 15.2 Å². The molecule has 0 unspecified atom stereocenters. The third kappa shape index (κ3) is 3.53. The number of carboxylic acid groups (broad SMARTS) is 1. The summed E-state index contributed by atoms with van der Waals surface area (Å²) in [4.78, 5) is 28.0. The molecule has 1 aromatic heterocycles. The van der Waals surface area contributed by atoms with Gasteiger partial charge in [0, 0.05) is 23.7 Å². The first-order chi connectivity index (χ1) is 11.1. The number of carbonyl (C=O) groups is 1. The molecule has 0 aliphatic carbocycles. The highest BCUT2D eigenvalue weighted by Crippen LogP contribution is 2.14. The molecule has 1 saturated heterocycles. The average molecular weight is 315 g/mol. The molecule has 6 nitrogen and oxygen atoms in total. The van der Waals surface area contributed by atoms with Crippen molar-refractivity contribution in [3.8, 4) is 0 Å². The van der Waals surface area contributed by atoms with E-state index in [0.29, 0.717) is 18.5 Å². The lowest BCUT2D eigenvalue weighted by molar-refractivity contribution is 0.114. The van der Waals surface area contributed by atoms with Crippen molar-refractivity contribution >= 4 is 17.0 Å². The summed E-state index contributed by atoms with van der Waals surface area (Å²) < 4.78 is 0. The van der Waals surface area contributed by atoms with Gasteiger partial charge in [0.1, 0.15) is 0 Å². The van der Waals surface area contributed by atoms with Gasteiger partial charge in [-0.15, -0.1) is 0 Å². The Morgan fingerprint density at radius 3 is 2.74 bits per heavy atom. The molecule has 6 heteroatoms. The molecule has 2 aromatic rings. The van der Waals surface area contributed by atoms with E-state index in [1.165, 1.54) is 4.90 Å². The second-order valence-electron chi connectivity index (χ2n) is 5.92. The van der Waals surface area contributed by atoms with Crippen LogP contribution in [0.1, 0.15) is 18.4 Å². The number of aromatic amines is 1. The van der Waals surface area contributed by atoms with Gasteiger partial charge < -0.3 is 20.3 Å². The minimum Gasteiger partial charge on any atom is -0.465 e. The first-order valence-corrected chi connectivity index (χ1v) is 7.96. The summed E-state index contributed by atoms with van der Waals surface area (Å²) in [5, 5.41) is 13.7. The molecule has 3 rings (SSSR count). The van der Waals surface area contributed by atoms with Crippen LogP contribution >= 0.6 is 0 Å². The minimum absolute atomic E-state index is 0.0355. The predicted octanol–water partition coefficient (Wildman–Crippen LogP) is 1.80. The van der Waals surface area contributed by atoms with Gasteiger partial charge in [0.15, 0.2) is 0 Å². The number of rotatable bonds is 4. The molecule has 2 heterocycles. The van der Waals surface area contributed by atoms with Crippen molar-refractivity contribution < 1.29 is 9.90 Å². The van der Waals surface area contributed by atoms with Crippen molar-refractivity contribution in [3.63, 3.8) is 0 Å². The lowest BCUT2D eigenvalue weighted by atomic mass is 10.0. The maximum Gasteiger partial charge on any atom is 0.407 e. The van der Waals surface area contributed by atoms with Crippen LogP contribution in [0, 0.1) is 0 Å². The molecule has 0 spiro atoms. The fraction of sp³-hybridized carbons (Fsp3) is 0.412. The molecule has 1 aromatic carbocycles. The summed E-state index contributed by atoms with van der Waals surface area (Å²) in [5.74, 6) is 0. The summed E-state index contributed by atoms with van der Waals surface area (Å²) in [6.45, 7) is 2.03. The highest BCUT2D eigenvalue weighted by Gasteiger charge is 2.24. The fourth-order valence-corrected chi connectivity index (χ4v) is 3.17. The van der Waals surface area contributed by atoms with Crippen LogP contribution in [0.3, 0.4) is 0 Å². The predicted molar refractivity (Wildman–Crippen MR) is 88.9 cm³/mol. The molecular formula is C17H21N3O3. The van der Waals surface area contributed by atoms with Crippen molar-refractivity contribution in [1.29, 1.82) is 0 Å². The number of hydrogen-bond donors (Lipinski definition) is 3. The van der Waals surface area contributed by atoms with Crippen molar-refractivity contribution in [2.24, 2.45) is 0 Å². The van der Waals surface area contributed by atoms with Gasteiger partial charge in [0.05, 0.1) is 0 Å². The van der Waals surface area contributed by atoms with E-state index in [0.717, 1.165) is 36.8 Å². The maximum atomic E-state index is 12.2. The number of pyridine rings is 1. The smallest absolute Gasteiger partial charge is 0.407 e. The van der Waals surface area contributed by atoms with Gasteiger partial charge in [-0.1, -0.05) is 18.2 Å². The van der Waals surface area contributed by atoms with Crippen LogP contribution in [-0.4, -0.2) is 46.8 Å². The summed E-state index contributed by atoms with van der Waals surface area (Å²) in [7, 11) is 0. The zero-order valence-electron chi connectivity index (χ0n) is 12.9. The number of nitrogens with zero attached hydrogens (tertiary/aromatic N) is 1. The Labute approximate surface area is 134 Å². The number of hydrogen-bond acceptors (Lipinski definition) is 3. The first-order valence-electron chi connectivity index (χ1n) is 7.96. The average Bonchev–Trinajstić information content (AvgIpc) is 2.56. The largest absolute Gasteiger partial charge is 0.465 e. The zero-order valence-corrected chi connectivity index (χ0v) is 12.9. The Morgan fingerprint density at radius 1 is 1.26 bits per heavy atom.